The number of nitrogens with two attached hydrogens (primary N) is 1. The number of nitrogens with zero attached hydrogens (tertiary/aromatic N) is 3. The second kappa shape index (κ2) is 10.2. The van der Waals surface area contributed by atoms with E-state index in [0.717, 1.165) is 0 Å². The van der Waals surface area contributed by atoms with Crippen LogP contribution in [0.15, 0.2) is 45.0 Å². The Morgan fingerprint density at radius 2 is 1.49 bits per heavy atom. The molecular weight excluding hydrogens is 530 g/mol. The van der Waals surface area contributed by atoms with E-state index in [4.69, 9.17) is 15.2 Å². The molecule has 2 aliphatic carbocycles. The maximum Gasteiger partial charge on any atom is 0.236 e. The SMILES string of the molecule is COC1=C(C)C(=O)C2=C(C1=O)[C@H]1[C@@H]3CC4=C(C(=O)C(OC)=C(C)C4=O)[C@H](CNC(=O)[C@H](C)N)N3[C@@H](C#N)[C@H](C2)N1C. The first-order chi connectivity index (χ1) is 19.4. The minimum Gasteiger partial charge on any atom is -0.492 e. The minimum atomic E-state index is -0.889. The Balaban J connectivity index is 1.71. The molecule has 3 N–H and O–H groups in total. The molecule has 5 aliphatic rings. The lowest BCUT2D eigenvalue weighted by Crippen LogP contribution is -2.74. The van der Waals surface area contributed by atoms with Crippen LogP contribution < -0.4 is 11.1 Å². The molecule has 0 aromatic carbocycles. The molecule has 216 valence electrons. The maximum atomic E-state index is 13.8. The number of carbonyl (C=O) groups is 5. The lowest BCUT2D eigenvalue weighted by Gasteiger charge is -2.60. The molecule has 5 rings (SSSR count). The zero-order chi connectivity index (χ0) is 30.1. The van der Waals surface area contributed by atoms with Gasteiger partial charge < -0.3 is 20.5 Å². The number of Topliss-reactive ketones (excluding diaryl/α,β-unsaturated/α-hetero) is 4. The minimum absolute atomic E-state index is 0.0292. The van der Waals surface area contributed by atoms with Gasteiger partial charge in [0.15, 0.2) is 23.1 Å². The molecule has 0 aromatic rings. The van der Waals surface area contributed by atoms with Gasteiger partial charge >= 0.3 is 0 Å². The van der Waals surface area contributed by atoms with E-state index in [2.05, 4.69) is 11.4 Å². The van der Waals surface area contributed by atoms with Gasteiger partial charge in [-0.05, 0) is 40.7 Å². The summed E-state index contributed by atoms with van der Waals surface area (Å²) in [5.74, 6) is -2.14. The average Bonchev–Trinajstić information content (AvgIpc) is 2.93. The van der Waals surface area contributed by atoms with Crippen molar-refractivity contribution in [2.75, 3.05) is 27.8 Å². The number of rotatable bonds is 5. The van der Waals surface area contributed by atoms with Crippen LogP contribution in [0.3, 0.4) is 0 Å². The standard InChI is InChI=1S/C29H33N5O7/c1-11-23(35)14-8-17-22-21-15(24(36)12(2)28(41-6)26(21)38)7-16(33(22)4)18(9-30)34(17)19(10-32-29(39)13(3)31)20(14)25(37)27(11)40-5/h13,16-19,22H,7-8,10,31H2,1-6H3,(H,32,39)/t13-,16-,17-,18-,19-,22+/m0/s1. The molecule has 2 bridgehead atoms. The number of ether oxygens (including phenoxy) is 2. The van der Waals surface area contributed by atoms with Gasteiger partial charge in [-0.25, -0.2) is 0 Å². The van der Waals surface area contributed by atoms with E-state index < -0.39 is 53.7 Å². The normalized spacial score (nSPS) is 31.0. The summed E-state index contributed by atoms with van der Waals surface area (Å²) in [5.41, 5.74) is 7.20. The lowest BCUT2D eigenvalue weighted by atomic mass is 9.67. The fourth-order valence-corrected chi connectivity index (χ4v) is 7.17. The highest BCUT2D eigenvalue weighted by Gasteiger charge is 2.59. The van der Waals surface area contributed by atoms with Crippen molar-refractivity contribution in [2.45, 2.75) is 69.9 Å². The fraction of sp³-hybridized carbons (Fsp3) is 0.517. The Hall–Kier alpha value is -3.92. The predicted octanol–water partition coefficient (Wildman–Crippen LogP) is -0.391. The van der Waals surface area contributed by atoms with Crippen molar-refractivity contribution in [1.29, 1.82) is 5.26 Å². The van der Waals surface area contributed by atoms with E-state index in [0.29, 0.717) is 5.57 Å². The number of allylic oxidation sites excluding steroid dienone is 4. The van der Waals surface area contributed by atoms with Crippen molar-refractivity contribution in [3.05, 3.63) is 45.0 Å². The van der Waals surface area contributed by atoms with E-state index in [1.165, 1.54) is 28.1 Å². The molecule has 3 heterocycles. The number of amides is 1. The summed E-state index contributed by atoms with van der Waals surface area (Å²) in [6.45, 7) is 4.49. The topological polar surface area (TPSA) is 172 Å². The smallest absolute Gasteiger partial charge is 0.236 e. The fourth-order valence-electron chi connectivity index (χ4n) is 7.17. The molecule has 1 fully saturated rings. The first kappa shape index (κ1) is 28.6. The second-order valence-electron chi connectivity index (χ2n) is 11.1. The van der Waals surface area contributed by atoms with Gasteiger partial charge in [0.2, 0.25) is 17.5 Å². The number of likely N-dealkylation sites (N-methyl/N-ethyl adjacent to an activating group) is 1. The number of ketones is 4. The van der Waals surface area contributed by atoms with Crippen molar-refractivity contribution in [2.24, 2.45) is 5.73 Å². The number of methoxy groups -OCH3 is 2. The van der Waals surface area contributed by atoms with Crippen LogP contribution >= 0.6 is 0 Å². The van der Waals surface area contributed by atoms with Crippen LogP contribution in [0.5, 0.6) is 0 Å². The van der Waals surface area contributed by atoms with E-state index in [-0.39, 0.29) is 70.3 Å². The second-order valence-corrected chi connectivity index (χ2v) is 11.1. The van der Waals surface area contributed by atoms with Crippen LogP contribution in [0.2, 0.25) is 0 Å². The van der Waals surface area contributed by atoms with Crippen LogP contribution in [0.4, 0.5) is 0 Å². The van der Waals surface area contributed by atoms with E-state index in [1.54, 1.807) is 14.0 Å². The van der Waals surface area contributed by atoms with E-state index in [1.807, 2.05) is 9.80 Å². The Morgan fingerprint density at radius 1 is 0.976 bits per heavy atom. The van der Waals surface area contributed by atoms with Crippen molar-refractivity contribution >= 4 is 29.0 Å². The molecule has 41 heavy (non-hydrogen) atoms. The van der Waals surface area contributed by atoms with Crippen LogP contribution in [-0.2, 0) is 33.4 Å². The molecule has 3 aliphatic heterocycles. The number of fused-ring (bicyclic) bond motifs is 5. The van der Waals surface area contributed by atoms with Crippen molar-refractivity contribution in [1.82, 2.24) is 15.1 Å². The van der Waals surface area contributed by atoms with Gasteiger partial charge in [0, 0.05) is 52.1 Å². The van der Waals surface area contributed by atoms with Crippen LogP contribution in [0, 0.1) is 11.3 Å². The quantitative estimate of drug-likeness (QED) is 0.417. The van der Waals surface area contributed by atoms with Gasteiger partial charge in [0.05, 0.1) is 38.4 Å². The molecule has 6 atom stereocenters. The third kappa shape index (κ3) is 3.94. The number of hydrogen-bond donors (Lipinski definition) is 2. The van der Waals surface area contributed by atoms with Crippen LogP contribution in [-0.4, -0.2) is 103 Å². The van der Waals surface area contributed by atoms with Gasteiger partial charge in [-0.2, -0.15) is 5.26 Å². The number of piperazine rings is 1. The Bertz CT molecular complexity index is 1480. The van der Waals surface area contributed by atoms with E-state index in [9.17, 15) is 29.2 Å². The third-order valence-electron chi connectivity index (χ3n) is 9.10. The molecule has 0 spiro atoms. The zero-order valence-corrected chi connectivity index (χ0v) is 23.9. The molecule has 1 saturated heterocycles. The van der Waals surface area contributed by atoms with Crippen molar-refractivity contribution in [3.63, 3.8) is 0 Å². The van der Waals surface area contributed by atoms with Gasteiger partial charge in [-0.1, -0.05) is 0 Å². The number of hydrogen-bond acceptors (Lipinski definition) is 11. The van der Waals surface area contributed by atoms with Gasteiger partial charge in [0.1, 0.15) is 6.04 Å². The van der Waals surface area contributed by atoms with Gasteiger partial charge in [-0.3, -0.25) is 33.8 Å². The van der Waals surface area contributed by atoms with Crippen molar-refractivity contribution < 1.29 is 33.4 Å². The first-order valence-electron chi connectivity index (χ1n) is 13.5. The predicted molar refractivity (Wildman–Crippen MR) is 144 cm³/mol. The summed E-state index contributed by atoms with van der Waals surface area (Å²) in [6.07, 6.45) is 0.192. The largest absolute Gasteiger partial charge is 0.492 e. The number of carbonyl (C=O) groups excluding carboxylic acids is 5. The summed E-state index contributed by atoms with van der Waals surface area (Å²) >= 11 is 0. The highest BCUT2D eigenvalue weighted by atomic mass is 16.5. The Kier molecular flexibility index (Phi) is 7.09. The maximum absolute atomic E-state index is 13.8. The molecule has 12 heteroatoms. The van der Waals surface area contributed by atoms with Crippen LogP contribution in [0.1, 0.15) is 33.6 Å². The monoisotopic (exact) mass is 563 g/mol. The third-order valence-corrected chi connectivity index (χ3v) is 9.10. The summed E-state index contributed by atoms with van der Waals surface area (Å²) in [4.78, 5) is 71.0. The van der Waals surface area contributed by atoms with Crippen molar-refractivity contribution in [3.8, 4) is 6.07 Å². The Labute approximate surface area is 237 Å². The summed E-state index contributed by atoms with van der Waals surface area (Å²) in [5, 5.41) is 13.3. The summed E-state index contributed by atoms with van der Waals surface area (Å²) in [6, 6.07) is -2.02. The highest BCUT2D eigenvalue weighted by molar-refractivity contribution is 6.26. The molecule has 1 amide bonds. The van der Waals surface area contributed by atoms with Gasteiger partial charge in [0.25, 0.3) is 0 Å². The number of nitriles is 1. The molecular formula is C29H33N5O7. The van der Waals surface area contributed by atoms with Crippen LogP contribution in [0.25, 0.3) is 0 Å². The van der Waals surface area contributed by atoms with E-state index >= 15 is 0 Å². The number of nitrogens with one attached hydrogen (secondary N) is 1. The molecule has 0 radical (unpaired) electrons. The highest BCUT2D eigenvalue weighted by Crippen LogP contribution is 2.48. The average molecular weight is 564 g/mol. The Morgan fingerprint density at radius 3 is 2.00 bits per heavy atom. The summed E-state index contributed by atoms with van der Waals surface area (Å²) < 4.78 is 10.7. The first-order valence-corrected chi connectivity index (χ1v) is 13.5. The molecule has 12 nitrogen and oxygen atoms in total. The molecule has 0 unspecified atom stereocenters. The lowest BCUT2D eigenvalue weighted by molar-refractivity contribution is -0.126. The summed E-state index contributed by atoms with van der Waals surface area (Å²) in [7, 11) is 4.46. The zero-order valence-electron chi connectivity index (χ0n) is 23.9. The molecule has 0 aromatic heterocycles. The molecule has 0 saturated carbocycles. The van der Waals surface area contributed by atoms with Gasteiger partial charge in [-0.15, -0.1) is 0 Å².